The largest absolute Gasteiger partial charge is 0.325 e. The van der Waals surface area contributed by atoms with Crippen LogP contribution in [0.4, 0.5) is 5.69 Å². The maximum Gasteiger partial charge on any atom is 0.242 e. The maximum absolute atomic E-state index is 13.1. The van der Waals surface area contributed by atoms with Gasteiger partial charge in [-0.3, -0.25) is 4.79 Å². The van der Waals surface area contributed by atoms with Gasteiger partial charge in [0.1, 0.15) is 11.1 Å². The Labute approximate surface area is 173 Å². The summed E-state index contributed by atoms with van der Waals surface area (Å²) in [5.74, 6) is 0.627. The highest BCUT2D eigenvalue weighted by molar-refractivity contribution is 8.00. The molecule has 0 radical (unpaired) electrons. The van der Waals surface area contributed by atoms with Gasteiger partial charge in [-0.05, 0) is 37.1 Å². The molecule has 28 heavy (non-hydrogen) atoms. The summed E-state index contributed by atoms with van der Waals surface area (Å²) in [5, 5.41) is 12.1. The molecule has 0 bridgehead atoms. The van der Waals surface area contributed by atoms with Gasteiger partial charge < -0.3 is 9.88 Å². The number of aromatic nitrogens is 3. The van der Waals surface area contributed by atoms with E-state index in [1.165, 1.54) is 11.8 Å². The molecule has 7 heteroatoms. The Balaban J connectivity index is 1.90. The van der Waals surface area contributed by atoms with Gasteiger partial charge in [-0.15, -0.1) is 16.8 Å². The molecule has 2 aromatic carbocycles. The van der Waals surface area contributed by atoms with Crippen LogP contribution in [-0.2, 0) is 11.3 Å². The molecule has 0 aliphatic heterocycles. The van der Waals surface area contributed by atoms with Gasteiger partial charge in [0.2, 0.25) is 5.91 Å². The molecule has 144 valence electrons. The van der Waals surface area contributed by atoms with Crippen LogP contribution in [0.25, 0.3) is 0 Å². The van der Waals surface area contributed by atoms with E-state index in [-0.39, 0.29) is 5.91 Å². The summed E-state index contributed by atoms with van der Waals surface area (Å²) in [5.41, 5.74) is 2.50. The molecule has 1 N–H and O–H groups in total. The van der Waals surface area contributed by atoms with Crippen molar-refractivity contribution in [2.45, 2.75) is 30.8 Å². The monoisotopic (exact) mass is 412 g/mol. The van der Waals surface area contributed by atoms with Crippen LogP contribution in [0.3, 0.4) is 0 Å². The van der Waals surface area contributed by atoms with Crippen molar-refractivity contribution >= 4 is 35.0 Å². The molecule has 0 saturated heterocycles. The van der Waals surface area contributed by atoms with Gasteiger partial charge in [-0.1, -0.05) is 65.8 Å². The number of halogens is 1. The predicted octanol–water partition coefficient (Wildman–Crippen LogP) is 5.21. The standard InChI is InChI=1S/C21H21ClN4OS/c1-4-12-26-15(3)24-25-21(26)28-19(16-8-6-5-7-9-16)20(27)23-17-11-10-14(2)18(22)13-17/h4-11,13,19H,1,12H2,2-3H3,(H,23,27)/t19-/m0/s1. The number of nitrogens with zero attached hydrogens (tertiary/aromatic N) is 3. The summed E-state index contributed by atoms with van der Waals surface area (Å²) < 4.78 is 1.93. The Morgan fingerprint density at radius 3 is 2.68 bits per heavy atom. The Hall–Kier alpha value is -2.57. The van der Waals surface area contributed by atoms with Crippen LogP contribution in [0.2, 0.25) is 5.02 Å². The molecule has 0 aliphatic rings. The third-order valence-electron chi connectivity index (χ3n) is 4.22. The molecule has 1 atom stereocenters. The van der Waals surface area contributed by atoms with Crippen molar-refractivity contribution in [2.75, 3.05) is 5.32 Å². The average Bonchev–Trinajstić information content (AvgIpc) is 3.03. The first kappa shape index (κ1) is 20.2. The maximum atomic E-state index is 13.1. The van der Waals surface area contributed by atoms with E-state index in [4.69, 9.17) is 11.6 Å². The lowest BCUT2D eigenvalue weighted by Crippen LogP contribution is -2.19. The zero-order chi connectivity index (χ0) is 20.1. The summed E-state index contributed by atoms with van der Waals surface area (Å²) in [4.78, 5) is 13.1. The molecule has 0 unspecified atom stereocenters. The lowest BCUT2D eigenvalue weighted by atomic mass is 10.1. The van der Waals surface area contributed by atoms with Crippen LogP contribution < -0.4 is 5.32 Å². The Morgan fingerprint density at radius 2 is 2.00 bits per heavy atom. The molecule has 1 heterocycles. The van der Waals surface area contributed by atoms with E-state index in [9.17, 15) is 4.79 Å². The van der Waals surface area contributed by atoms with Crippen molar-refractivity contribution in [1.29, 1.82) is 0 Å². The molecular formula is C21H21ClN4OS. The normalized spacial score (nSPS) is 11.8. The van der Waals surface area contributed by atoms with Gasteiger partial charge in [-0.2, -0.15) is 0 Å². The molecule has 0 saturated carbocycles. The van der Waals surface area contributed by atoms with Crippen molar-refractivity contribution in [3.63, 3.8) is 0 Å². The summed E-state index contributed by atoms with van der Waals surface area (Å²) in [6.07, 6.45) is 1.78. The molecular weight excluding hydrogens is 392 g/mol. The van der Waals surface area contributed by atoms with E-state index in [1.54, 1.807) is 12.1 Å². The van der Waals surface area contributed by atoms with Gasteiger partial charge >= 0.3 is 0 Å². The minimum absolute atomic E-state index is 0.151. The number of anilines is 1. The van der Waals surface area contributed by atoms with Crippen molar-refractivity contribution in [2.24, 2.45) is 0 Å². The number of amides is 1. The zero-order valence-corrected chi connectivity index (χ0v) is 17.3. The fourth-order valence-corrected chi connectivity index (χ4v) is 3.95. The minimum atomic E-state index is -0.492. The van der Waals surface area contributed by atoms with Crippen LogP contribution in [0, 0.1) is 13.8 Å². The summed E-state index contributed by atoms with van der Waals surface area (Å²) >= 11 is 7.55. The Kier molecular flexibility index (Phi) is 6.54. The van der Waals surface area contributed by atoms with Crippen molar-refractivity contribution in [1.82, 2.24) is 14.8 Å². The van der Waals surface area contributed by atoms with E-state index in [1.807, 2.05) is 60.9 Å². The smallest absolute Gasteiger partial charge is 0.242 e. The van der Waals surface area contributed by atoms with Crippen molar-refractivity contribution in [3.05, 3.63) is 83.2 Å². The number of carbonyl (C=O) groups excluding carboxylic acids is 1. The van der Waals surface area contributed by atoms with Crippen LogP contribution in [0.15, 0.2) is 66.3 Å². The molecule has 5 nitrogen and oxygen atoms in total. The second-order valence-corrected chi connectivity index (χ2v) is 7.77. The van der Waals surface area contributed by atoms with Gasteiger partial charge in [0.25, 0.3) is 0 Å². The van der Waals surface area contributed by atoms with E-state index in [2.05, 4.69) is 22.1 Å². The van der Waals surface area contributed by atoms with Crippen LogP contribution in [0.5, 0.6) is 0 Å². The summed E-state index contributed by atoms with van der Waals surface area (Å²) in [7, 11) is 0. The highest BCUT2D eigenvalue weighted by atomic mass is 35.5. The zero-order valence-electron chi connectivity index (χ0n) is 15.7. The van der Waals surface area contributed by atoms with Gasteiger partial charge in [0, 0.05) is 17.3 Å². The second-order valence-electron chi connectivity index (χ2n) is 6.29. The molecule has 3 rings (SSSR count). The number of thioether (sulfide) groups is 1. The van der Waals surface area contributed by atoms with Crippen LogP contribution in [-0.4, -0.2) is 20.7 Å². The number of allylic oxidation sites excluding steroid dienone is 1. The van der Waals surface area contributed by atoms with Gasteiger partial charge in [0.05, 0.1) is 0 Å². The number of hydrogen-bond acceptors (Lipinski definition) is 4. The summed E-state index contributed by atoms with van der Waals surface area (Å²) in [6.45, 7) is 8.17. The SMILES string of the molecule is C=CCn1c(C)nnc1S[C@H](C(=O)Nc1ccc(C)c(Cl)c1)c1ccccc1. The quantitative estimate of drug-likeness (QED) is 0.427. The first-order valence-electron chi connectivity index (χ1n) is 8.79. The van der Waals surface area contributed by atoms with Gasteiger partial charge in [0.15, 0.2) is 5.16 Å². The second kappa shape index (κ2) is 9.08. The molecule has 0 spiro atoms. The van der Waals surface area contributed by atoms with E-state index in [0.717, 1.165) is 17.0 Å². The number of carbonyl (C=O) groups is 1. The van der Waals surface area contributed by atoms with E-state index >= 15 is 0 Å². The van der Waals surface area contributed by atoms with Crippen molar-refractivity contribution in [3.8, 4) is 0 Å². The third-order valence-corrected chi connectivity index (χ3v) is 5.86. The topological polar surface area (TPSA) is 59.8 Å². The number of benzene rings is 2. The summed E-state index contributed by atoms with van der Waals surface area (Å²) in [6, 6.07) is 15.1. The number of rotatable bonds is 7. The lowest BCUT2D eigenvalue weighted by Gasteiger charge is -2.17. The third kappa shape index (κ3) is 4.64. The Morgan fingerprint density at radius 1 is 1.25 bits per heavy atom. The minimum Gasteiger partial charge on any atom is -0.325 e. The fraction of sp³-hybridized carbons (Fsp3) is 0.190. The van der Waals surface area contributed by atoms with Crippen LogP contribution in [0.1, 0.15) is 22.2 Å². The molecule has 0 aliphatic carbocycles. The molecule has 0 fully saturated rings. The average molecular weight is 413 g/mol. The molecule has 3 aromatic rings. The van der Waals surface area contributed by atoms with E-state index < -0.39 is 5.25 Å². The highest BCUT2D eigenvalue weighted by Gasteiger charge is 2.25. The van der Waals surface area contributed by atoms with Gasteiger partial charge in [-0.25, -0.2) is 0 Å². The first-order valence-corrected chi connectivity index (χ1v) is 10.0. The molecule has 1 aromatic heterocycles. The first-order chi connectivity index (χ1) is 13.5. The highest BCUT2D eigenvalue weighted by Crippen LogP contribution is 2.36. The number of nitrogens with one attached hydrogen (secondary N) is 1. The van der Waals surface area contributed by atoms with E-state index in [0.29, 0.717) is 22.4 Å². The predicted molar refractivity (Wildman–Crippen MR) is 115 cm³/mol. The number of aryl methyl sites for hydroxylation is 2. The van der Waals surface area contributed by atoms with Crippen LogP contribution >= 0.6 is 23.4 Å². The fourth-order valence-electron chi connectivity index (χ4n) is 2.67. The Bertz CT molecular complexity index is 987. The lowest BCUT2D eigenvalue weighted by molar-refractivity contribution is -0.115. The van der Waals surface area contributed by atoms with Crippen molar-refractivity contribution < 1.29 is 4.79 Å². The number of hydrogen-bond donors (Lipinski definition) is 1. The molecule has 1 amide bonds.